The summed E-state index contributed by atoms with van der Waals surface area (Å²) in [5.41, 5.74) is 1.33. The third-order valence-electron chi connectivity index (χ3n) is 4.04. The predicted molar refractivity (Wildman–Crippen MR) is 93.8 cm³/mol. The predicted octanol–water partition coefficient (Wildman–Crippen LogP) is 2.48. The molecule has 1 fully saturated rings. The van der Waals surface area contributed by atoms with Crippen LogP contribution in [-0.2, 0) is 11.3 Å². The Morgan fingerprint density at radius 2 is 1.86 bits per heavy atom. The molecule has 1 N–H and O–H groups in total. The normalized spacial score (nSPS) is 16.6. The van der Waals surface area contributed by atoms with Crippen molar-refractivity contribution in [2.75, 3.05) is 39.3 Å². The first-order valence-corrected chi connectivity index (χ1v) is 8.93. The van der Waals surface area contributed by atoms with E-state index in [1.54, 1.807) is 0 Å². The fourth-order valence-electron chi connectivity index (χ4n) is 2.64. The van der Waals surface area contributed by atoms with Gasteiger partial charge in [-0.15, -0.1) is 0 Å². The molecule has 5 heteroatoms. The number of hydrogen-bond acceptors (Lipinski definition) is 3. The number of piperazine rings is 1. The summed E-state index contributed by atoms with van der Waals surface area (Å²) in [5.74, 6) is 0.160. The number of carbonyl (C=O) groups is 1. The van der Waals surface area contributed by atoms with E-state index in [2.05, 4.69) is 56.2 Å². The third-order valence-corrected chi connectivity index (χ3v) is 4.81. The van der Waals surface area contributed by atoms with E-state index in [1.165, 1.54) is 10.0 Å². The van der Waals surface area contributed by atoms with E-state index in [1.807, 2.05) is 6.07 Å². The summed E-state index contributed by atoms with van der Waals surface area (Å²) in [6.45, 7) is 8.41. The molecule has 122 valence electrons. The number of nitrogens with zero attached hydrogens (tertiary/aromatic N) is 2. The van der Waals surface area contributed by atoms with Gasteiger partial charge >= 0.3 is 0 Å². The first-order chi connectivity index (χ1) is 10.7. The van der Waals surface area contributed by atoms with Crippen molar-refractivity contribution in [1.29, 1.82) is 0 Å². The fraction of sp³-hybridized carbons (Fsp3) is 0.588. The lowest BCUT2D eigenvalue weighted by molar-refractivity contribution is -0.122. The maximum absolute atomic E-state index is 11.8. The number of carbonyl (C=O) groups excluding carboxylic acids is 1. The Morgan fingerprint density at radius 3 is 2.55 bits per heavy atom. The van der Waals surface area contributed by atoms with Crippen LogP contribution in [0.1, 0.15) is 25.3 Å². The quantitative estimate of drug-likeness (QED) is 0.752. The summed E-state index contributed by atoms with van der Waals surface area (Å²) in [6.07, 6.45) is 2.18. The number of rotatable bonds is 7. The number of nitrogens with one attached hydrogen (secondary N) is 1. The molecule has 4 nitrogen and oxygen atoms in total. The van der Waals surface area contributed by atoms with Crippen molar-refractivity contribution in [1.82, 2.24) is 15.1 Å². The molecule has 0 spiro atoms. The van der Waals surface area contributed by atoms with E-state index in [0.29, 0.717) is 6.54 Å². The molecule has 2 rings (SSSR count). The zero-order valence-corrected chi connectivity index (χ0v) is 14.9. The Balaban J connectivity index is 1.69. The lowest BCUT2D eigenvalue weighted by Gasteiger charge is -2.34. The molecule has 0 saturated carbocycles. The monoisotopic (exact) mass is 367 g/mol. The molecule has 1 saturated heterocycles. The van der Waals surface area contributed by atoms with Crippen LogP contribution in [0.5, 0.6) is 0 Å². The van der Waals surface area contributed by atoms with E-state index in [-0.39, 0.29) is 5.91 Å². The van der Waals surface area contributed by atoms with Crippen molar-refractivity contribution < 1.29 is 4.79 Å². The second-order valence-corrected chi connectivity index (χ2v) is 6.70. The van der Waals surface area contributed by atoms with E-state index in [0.717, 1.165) is 52.1 Å². The molecule has 1 aromatic carbocycles. The van der Waals surface area contributed by atoms with Crippen LogP contribution in [0, 0.1) is 0 Å². The van der Waals surface area contributed by atoms with Crippen molar-refractivity contribution >= 4 is 21.8 Å². The van der Waals surface area contributed by atoms with Crippen molar-refractivity contribution in [2.24, 2.45) is 0 Å². The van der Waals surface area contributed by atoms with Gasteiger partial charge < -0.3 is 5.32 Å². The van der Waals surface area contributed by atoms with Gasteiger partial charge in [0, 0.05) is 43.7 Å². The minimum absolute atomic E-state index is 0.160. The van der Waals surface area contributed by atoms with Crippen molar-refractivity contribution in [3.63, 3.8) is 0 Å². The van der Waals surface area contributed by atoms with Gasteiger partial charge in [-0.05, 0) is 18.1 Å². The molecular formula is C17H26BrN3O. The fourth-order valence-corrected chi connectivity index (χ4v) is 3.05. The smallest absolute Gasteiger partial charge is 0.234 e. The minimum atomic E-state index is 0.160. The maximum atomic E-state index is 11.8. The van der Waals surface area contributed by atoms with Crippen LogP contribution in [0.2, 0.25) is 0 Å². The summed E-state index contributed by atoms with van der Waals surface area (Å²) in [5, 5.41) is 2.99. The average Bonchev–Trinajstić information content (AvgIpc) is 2.52. The van der Waals surface area contributed by atoms with Gasteiger partial charge in [-0.2, -0.15) is 0 Å². The van der Waals surface area contributed by atoms with E-state index in [4.69, 9.17) is 0 Å². The number of halogens is 1. The van der Waals surface area contributed by atoms with Gasteiger partial charge in [0.15, 0.2) is 0 Å². The van der Waals surface area contributed by atoms with Gasteiger partial charge in [-0.3, -0.25) is 14.6 Å². The molecular weight excluding hydrogens is 342 g/mol. The Morgan fingerprint density at radius 1 is 1.18 bits per heavy atom. The summed E-state index contributed by atoms with van der Waals surface area (Å²) >= 11 is 3.61. The molecule has 22 heavy (non-hydrogen) atoms. The molecule has 0 aromatic heterocycles. The molecule has 0 aliphatic carbocycles. The number of amides is 1. The second kappa shape index (κ2) is 9.28. The SMILES string of the molecule is CCCCNC(=O)CN1CCN(Cc2ccccc2Br)CC1. The Hall–Kier alpha value is -0.910. The van der Waals surface area contributed by atoms with Gasteiger partial charge in [0.1, 0.15) is 0 Å². The van der Waals surface area contributed by atoms with Crippen molar-refractivity contribution in [3.05, 3.63) is 34.3 Å². The highest BCUT2D eigenvalue weighted by Crippen LogP contribution is 2.18. The average molecular weight is 368 g/mol. The molecule has 1 aromatic rings. The molecule has 1 heterocycles. The Kier molecular flexibility index (Phi) is 7.36. The third kappa shape index (κ3) is 5.71. The Labute approximate surface area is 142 Å². The maximum Gasteiger partial charge on any atom is 0.234 e. The summed E-state index contributed by atoms with van der Waals surface area (Å²) in [7, 11) is 0. The van der Waals surface area contributed by atoms with Crippen LogP contribution in [0.15, 0.2) is 28.7 Å². The van der Waals surface area contributed by atoms with Crippen molar-refractivity contribution in [2.45, 2.75) is 26.3 Å². The van der Waals surface area contributed by atoms with E-state index >= 15 is 0 Å². The van der Waals surface area contributed by atoms with Crippen LogP contribution < -0.4 is 5.32 Å². The van der Waals surface area contributed by atoms with Gasteiger partial charge in [0.25, 0.3) is 0 Å². The number of hydrogen-bond donors (Lipinski definition) is 1. The molecule has 0 radical (unpaired) electrons. The molecule has 0 unspecified atom stereocenters. The van der Waals surface area contributed by atoms with Gasteiger partial charge in [-0.1, -0.05) is 47.5 Å². The topological polar surface area (TPSA) is 35.6 Å². The largest absolute Gasteiger partial charge is 0.355 e. The zero-order chi connectivity index (χ0) is 15.8. The first-order valence-electron chi connectivity index (χ1n) is 8.14. The van der Waals surface area contributed by atoms with Gasteiger partial charge in [0.2, 0.25) is 5.91 Å². The van der Waals surface area contributed by atoms with Crippen LogP contribution in [-0.4, -0.2) is 55.0 Å². The highest BCUT2D eigenvalue weighted by atomic mass is 79.9. The molecule has 1 aliphatic heterocycles. The molecule has 0 atom stereocenters. The highest BCUT2D eigenvalue weighted by molar-refractivity contribution is 9.10. The second-order valence-electron chi connectivity index (χ2n) is 5.85. The van der Waals surface area contributed by atoms with Crippen LogP contribution in [0.25, 0.3) is 0 Å². The van der Waals surface area contributed by atoms with E-state index in [9.17, 15) is 4.79 Å². The molecule has 0 bridgehead atoms. The Bertz CT molecular complexity index is 473. The van der Waals surface area contributed by atoms with Crippen LogP contribution in [0.4, 0.5) is 0 Å². The number of benzene rings is 1. The number of unbranched alkanes of at least 4 members (excludes halogenated alkanes) is 1. The van der Waals surface area contributed by atoms with Crippen LogP contribution >= 0.6 is 15.9 Å². The lowest BCUT2D eigenvalue weighted by atomic mass is 10.2. The summed E-state index contributed by atoms with van der Waals surface area (Å²) in [6, 6.07) is 8.38. The zero-order valence-electron chi connectivity index (χ0n) is 13.4. The summed E-state index contributed by atoms with van der Waals surface area (Å²) < 4.78 is 1.17. The highest BCUT2D eigenvalue weighted by Gasteiger charge is 2.19. The standard InChI is InChI=1S/C17H26BrN3O/c1-2-3-8-19-17(22)14-21-11-9-20(10-12-21)13-15-6-4-5-7-16(15)18/h4-7H,2-3,8-14H2,1H3,(H,19,22). The summed E-state index contributed by atoms with van der Waals surface area (Å²) in [4.78, 5) is 16.5. The van der Waals surface area contributed by atoms with Gasteiger partial charge in [0.05, 0.1) is 6.54 Å². The molecule has 1 amide bonds. The van der Waals surface area contributed by atoms with Gasteiger partial charge in [-0.25, -0.2) is 0 Å². The van der Waals surface area contributed by atoms with E-state index < -0.39 is 0 Å². The van der Waals surface area contributed by atoms with Crippen LogP contribution in [0.3, 0.4) is 0 Å². The minimum Gasteiger partial charge on any atom is -0.355 e. The van der Waals surface area contributed by atoms with Crippen molar-refractivity contribution in [3.8, 4) is 0 Å². The lowest BCUT2D eigenvalue weighted by Crippen LogP contribution is -2.49. The first kappa shape index (κ1) is 17.4. The molecule has 1 aliphatic rings.